The highest BCUT2D eigenvalue weighted by Gasteiger charge is 2.32. The molecule has 0 aromatic rings. The SMILES string of the molecule is CSC1CCC1NC(=O)C(F)F. The Morgan fingerprint density at radius 2 is 2.25 bits per heavy atom. The predicted molar refractivity (Wildman–Crippen MR) is 44.5 cm³/mol. The van der Waals surface area contributed by atoms with E-state index >= 15 is 0 Å². The number of rotatable bonds is 3. The molecule has 12 heavy (non-hydrogen) atoms. The largest absolute Gasteiger partial charge is 0.347 e. The van der Waals surface area contributed by atoms with Crippen LogP contribution in [0, 0.1) is 0 Å². The van der Waals surface area contributed by atoms with Crippen molar-refractivity contribution >= 4 is 17.7 Å². The fourth-order valence-electron chi connectivity index (χ4n) is 1.16. The third-order valence-electron chi connectivity index (χ3n) is 2.04. The second kappa shape index (κ2) is 4.07. The number of halogens is 2. The van der Waals surface area contributed by atoms with Crippen molar-refractivity contribution in [2.45, 2.75) is 30.6 Å². The molecular formula is C7H11F2NOS. The number of hydrogen-bond donors (Lipinski definition) is 1. The molecule has 5 heteroatoms. The summed E-state index contributed by atoms with van der Waals surface area (Å²) < 4.78 is 23.5. The van der Waals surface area contributed by atoms with Crippen LogP contribution in [-0.4, -0.2) is 29.9 Å². The number of hydrogen-bond acceptors (Lipinski definition) is 2. The minimum absolute atomic E-state index is 0.0403. The first-order chi connectivity index (χ1) is 5.65. The van der Waals surface area contributed by atoms with E-state index in [4.69, 9.17) is 0 Å². The van der Waals surface area contributed by atoms with Crippen molar-refractivity contribution in [3.05, 3.63) is 0 Å². The van der Waals surface area contributed by atoms with E-state index in [0.717, 1.165) is 12.8 Å². The zero-order chi connectivity index (χ0) is 9.14. The standard InChI is InChI=1S/C7H11F2NOS/c1-12-5-3-2-4(5)10-7(11)6(8)9/h4-6H,2-3H2,1H3,(H,10,11). The minimum atomic E-state index is -2.88. The molecule has 1 aliphatic carbocycles. The monoisotopic (exact) mass is 195 g/mol. The van der Waals surface area contributed by atoms with E-state index in [9.17, 15) is 13.6 Å². The highest BCUT2D eigenvalue weighted by atomic mass is 32.2. The van der Waals surface area contributed by atoms with E-state index in [1.807, 2.05) is 6.26 Å². The van der Waals surface area contributed by atoms with Crippen molar-refractivity contribution in [3.63, 3.8) is 0 Å². The van der Waals surface area contributed by atoms with Gasteiger partial charge in [-0.1, -0.05) is 0 Å². The van der Waals surface area contributed by atoms with Crippen LogP contribution in [0.1, 0.15) is 12.8 Å². The highest BCUT2D eigenvalue weighted by Crippen LogP contribution is 2.30. The lowest BCUT2D eigenvalue weighted by Gasteiger charge is -2.35. The summed E-state index contributed by atoms with van der Waals surface area (Å²) in [7, 11) is 0. The van der Waals surface area contributed by atoms with Gasteiger partial charge in [-0.05, 0) is 19.1 Å². The molecule has 70 valence electrons. The van der Waals surface area contributed by atoms with Gasteiger partial charge in [0.2, 0.25) is 0 Å². The molecule has 1 amide bonds. The lowest BCUT2D eigenvalue weighted by Crippen LogP contribution is -2.50. The average molecular weight is 195 g/mol. The molecular weight excluding hydrogens is 184 g/mol. The van der Waals surface area contributed by atoms with Gasteiger partial charge >= 0.3 is 6.43 Å². The lowest BCUT2D eigenvalue weighted by atomic mass is 9.92. The molecule has 0 heterocycles. The molecule has 1 N–H and O–H groups in total. The summed E-state index contributed by atoms with van der Waals surface area (Å²) >= 11 is 1.61. The normalized spacial score (nSPS) is 28.3. The van der Waals surface area contributed by atoms with Gasteiger partial charge in [-0.15, -0.1) is 0 Å². The van der Waals surface area contributed by atoms with E-state index < -0.39 is 12.3 Å². The van der Waals surface area contributed by atoms with Crippen molar-refractivity contribution < 1.29 is 13.6 Å². The van der Waals surface area contributed by atoms with Gasteiger partial charge in [-0.3, -0.25) is 4.79 Å². The molecule has 0 spiro atoms. The Morgan fingerprint density at radius 3 is 2.58 bits per heavy atom. The third-order valence-corrected chi connectivity index (χ3v) is 3.21. The van der Waals surface area contributed by atoms with Gasteiger partial charge in [0.15, 0.2) is 0 Å². The predicted octanol–water partition coefficient (Wildman–Crippen LogP) is 1.26. The number of carbonyl (C=O) groups excluding carboxylic acids is 1. The molecule has 1 rings (SSSR count). The molecule has 0 aliphatic heterocycles. The fraction of sp³-hybridized carbons (Fsp3) is 0.857. The molecule has 1 fully saturated rings. The van der Waals surface area contributed by atoms with Crippen LogP contribution < -0.4 is 5.32 Å². The molecule has 2 atom stereocenters. The van der Waals surface area contributed by atoms with Crippen LogP contribution in [-0.2, 0) is 4.79 Å². The maximum Gasteiger partial charge on any atom is 0.315 e. The fourth-order valence-corrected chi connectivity index (χ4v) is 2.07. The Balaban J connectivity index is 2.27. The number of alkyl halides is 2. The Hall–Kier alpha value is -0.320. The van der Waals surface area contributed by atoms with Crippen LogP contribution in [0.15, 0.2) is 0 Å². The van der Waals surface area contributed by atoms with Gasteiger partial charge in [0.25, 0.3) is 5.91 Å². The molecule has 0 aromatic carbocycles. The topological polar surface area (TPSA) is 29.1 Å². The molecule has 0 radical (unpaired) electrons. The van der Waals surface area contributed by atoms with Crippen LogP contribution in [0.3, 0.4) is 0 Å². The Labute approximate surface area is 74.1 Å². The number of amides is 1. The van der Waals surface area contributed by atoms with Crippen LogP contribution in [0.5, 0.6) is 0 Å². The second-order valence-corrected chi connectivity index (χ2v) is 3.84. The van der Waals surface area contributed by atoms with E-state index in [0.29, 0.717) is 5.25 Å². The van der Waals surface area contributed by atoms with Crippen LogP contribution in [0.4, 0.5) is 8.78 Å². The number of thioether (sulfide) groups is 1. The smallest absolute Gasteiger partial charge is 0.315 e. The first-order valence-electron chi connectivity index (χ1n) is 3.76. The molecule has 0 saturated heterocycles. The third kappa shape index (κ3) is 2.09. The summed E-state index contributed by atoms with van der Waals surface area (Å²) in [5.41, 5.74) is 0. The Kier molecular flexibility index (Phi) is 3.31. The molecule has 1 saturated carbocycles. The number of nitrogens with one attached hydrogen (secondary N) is 1. The molecule has 1 aliphatic rings. The first-order valence-corrected chi connectivity index (χ1v) is 5.05. The summed E-state index contributed by atoms with van der Waals surface area (Å²) in [5, 5.41) is 2.63. The second-order valence-electron chi connectivity index (χ2n) is 2.77. The van der Waals surface area contributed by atoms with Crippen LogP contribution in [0.2, 0.25) is 0 Å². The molecule has 2 unspecified atom stereocenters. The Morgan fingerprint density at radius 1 is 1.58 bits per heavy atom. The van der Waals surface area contributed by atoms with E-state index in [2.05, 4.69) is 5.32 Å². The Bertz CT molecular complexity index is 175. The van der Waals surface area contributed by atoms with Gasteiger partial charge in [0.05, 0.1) is 0 Å². The summed E-state index contributed by atoms with van der Waals surface area (Å²) in [4.78, 5) is 10.5. The maximum absolute atomic E-state index is 11.8. The summed E-state index contributed by atoms with van der Waals surface area (Å²) in [5.74, 6) is -1.14. The van der Waals surface area contributed by atoms with E-state index in [1.165, 1.54) is 0 Å². The zero-order valence-electron chi connectivity index (χ0n) is 6.72. The van der Waals surface area contributed by atoms with Gasteiger partial charge in [0, 0.05) is 11.3 Å². The van der Waals surface area contributed by atoms with E-state index in [-0.39, 0.29) is 6.04 Å². The highest BCUT2D eigenvalue weighted by molar-refractivity contribution is 7.99. The van der Waals surface area contributed by atoms with Crippen molar-refractivity contribution in [3.8, 4) is 0 Å². The molecule has 0 aromatic heterocycles. The molecule has 0 bridgehead atoms. The molecule has 2 nitrogen and oxygen atoms in total. The van der Waals surface area contributed by atoms with Crippen molar-refractivity contribution in [1.82, 2.24) is 5.32 Å². The maximum atomic E-state index is 11.8. The van der Waals surface area contributed by atoms with Gasteiger partial charge in [-0.2, -0.15) is 20.5 Å². The summed E-state index contributed by atoms with van der Waals surface area (Å²) in [6.07, 6.45) is 0.873. The summed E-state index contributed by atoms with van der Waals surface area (Å²) in [6, 6.07) is -0.0403. The zero-order valence-corrected chi connectivity index (χ0v) is 7.54. The van der Waals surface area contributed by atoms with Gasteiger partial charge in [0.1, 0.15) is 0 Å². The quantitative estimate of drug-likeness (QED) is 0.734. The van der Waals surface area contributed by atoms with Crippen LogP contribution >= 0.6 is 11.8 Å². The lowest BCUT2D eigenvalue weighted by molar-refractivity contribution is -0.132. The van der Waals surface area contributed by atoms with Crippen molar-refractivity contribution in [1.29, 1.82) is 0 Å². The van der Waals surface area contributed by atoms with E-state index in [1.54, 1.807) is 11.8 Å². The van der Waals surface area contributed by atoms with Crippen LogP contribution in [0.25, 0.3) is 0 Å². The average Bonchev–Trinajstić information content (AvgIpc) is 1.98. The van der Waals surface area contributed by atoms with Gasteiger partial charge < -0.3 is 5.32 Å². The number of carbonyl (C=O) groups is 1. The van der Waals surface area contributed by atoms with Gasteiger partial charge in [-0.25, -0.2) is 0 Å². The van der Waals surface area contributed by atoms with Crippen molar-refractivity contribution in [2.24, 2.45) is 0 Å². The first kappa shape index (κ1) is 9.77. The minimum Gasteiger partial charge on any atom is -0.347 e. The summed E-state index contributed by atoms with van der Waals surface area (Å²) in [6.45, 7) is 0. The van der Waals surface area contributed by atoms with Crippen molar-refractivity contribution in [2.75, 3.05) is 6.26 Å².